The van der Waals surface area contributed by atoms with Gasteiger partial charge in [-0.2, -0.15) is 0 Å². The summed E-state index contributed by atoms with van der Waals surface area (Å²) in [7, 11) is 0. The Morgan fingerprint density at radius 2 is 2.33 bits per heavy atom. The second-order valence-electron chi connectivity index (χ2n) is 4.01. The molecule has 0 bridgehead atoms. The first-order chi connectivity index (χ1) is 7.08. The topological polar surface area (TPSA) is 67.5 Å². The Labute approximate surface area is 86.9 Å². The molecule has 1 heterocycles. The van der Waals surface area contributed by atoms with Crippen LogP contribution in [0.2, 0.25) is 0 Å². The smallest absolute Gasteiger partial charge is 0.303 e. The molecule has 0 saturated heterocycles. The molecule has 1 N–H and O–H groups in total. The van der Waals surface area contributed by atoms with Gasteiger partial charge in [0, 0.05) is 19.3 Å². The fourth-order valence-electron chi connectivity index (χ4n) is 2.11. The van der Waals surface area contributed by atoms with Gasteiger partial charge in [-0.1, -0.05) is 0 Å². The SMILES string of the molecule is Cc1coc2c1C(=O)CC(CC(=O)O)C2. The molecule has 80 valence electrons. The van der Waals surface area contributed by atoms with Crippen molar-refractivity contribution in [1.29, 1.82) is 0 Å². The summed E-state index contributed by atoms with van der Waals surface area (Å²) >= 11 is 0. The zero-order valence-corrected chi connectivity index (χ0v) is 8.45. The van der Waals surface area contributed by atoms with Crippen LogP contribution in [0.5, 0.6) is 0 Å². The van der Waals surface area contributed by atoms with Gasteiger partial charge >= 0.3 is 5.97 Å². The number of fused-ring (bicyclic) bond motifs is 1. The Hall–Kier alpha value is -1.58. The second-order valence-corrected chi connectivity index (χ2v) is 4.01. The van der Waals surface area contributed by atoms with Gasteiger partial charge < -0.3 is 9.52 Å². The number of carboxylic acid groups (broad SMARTS) is 1. The van der Waals surface area contributed by atoms with Crippen molar-refractivity contribution in [2.45, 2.75) is 26.2 Å². The highest BCUT2D eigenvalue weighted by atomic mass is 16.4. The number of aryl methyl sites for hydroxylation is 1. The van der Waals surface area contributed by atoms with Crippen LogP contribution in [0.3, 0.4) is 0 Å². The van der Waals surface area contributed by atoms with E-state index in [9.17, 15) is 9.59 Å². The summed E-state index contributed by atoms with van der Waals surface area (Å²) in [5.74, 6) is -0.323. The Morgan fingerprint density at radius 1 is 1.60 bits per heavy atom. The Kier molecular flexibility index (Phi) is 2.34. The summed E-state index contributed by atoms with van der Waals surface area (Å²) in [6, 6.07) is 0. The maximum atomic E-state index is 11.7. The molecule has 1 aliphatic carbocycles. The molecule has 4 nitrogen and oxygen atoms in total. The number of hydrogen-bond donors (Lipinski definition) is 1. The van der Waals surface area contributed by atoms with Crippen LogP contribution in [0, 0.1) is 12.8 Å². The van der Waals surface area contributed by atoms with E-state index in [0.717, 1.165) is 5.56 Å². The average Bonchev–Trinajstić information content (AvgIpc) is 2.46. The number of hydrogen-bond acceptors (Lipinski definition) is 3. The van der Waals surface area contributed by atoms with Crippen molar-refractivity contribution in [3.8, 4) is 0 Å². The minimum atomic E-state index is -0.862. The third-order valence-corrected chi connectivity index (χ3v) is 2.74. The van der Waals surface area contributed by atoms with Crippen molar-refractivity contribution in [2.75, 3.05) is 0 Å². The van der Waals surface area contributed by atoms with Crippen LogP contribution in [0.15, 0.2) is 10.7 Å². The molecule has 1 atom stereocenters. The fraction of sp³-hybridized carbons (Fsp3) is 0.455. The summed E-state index contributed by atoms with van der Waals surface area (Å²) in [6.07, 6.45) is 2.47. The Balaban J connectivity index is 2.23. The van der Waals surface area contributed by atoms with E-state index in [2.05, 4.69) is 0 Å². The standard InChI is InChI=1S/C11H12O4/c1-6-5-15-9-3-7(4-10(13)14)2-8(12)11(6)9/h5,7H,2-4H2,1H3,(H,13,14). The van der Waals surface area contributed by atoms with Crippen LogP contribution in [0.4, 0.5) is 0 Å². The molecule has 4 heteroatoms. The molecule has 15 heavy (non-hydrogen) atoms. The van der Waals surface area contributed by atoms with Crippen LogP contribution in [0.1, 0.15) is 34.5 Å². The van der Waals surface area contributed by atoms with E-state index in [1.807, 2.05) is 6.92 Å². The first kappa shape index (κ1) is 9.96. The van der Waals surface area contributed by atoms with Crippen molar-refractivity contribution in [3.63, 3.8) is 0 Å². The third-order valence-electron chi connectivity index (χ3n) is 2.74. The lowest BCUT2D eigenvalue weighted by Crippen LogP contribution is -2.21. The predicted molar refractivity (Wildman–Crippen MR) is 51.8 cm³/mol. The van der Waals surface area contributed by atoms with E-state index in [0.29, 0.717) is 24.2 Å². The predicted octanol–water partition coefficient (Wildman–Crippen LogP) is 1.81. The Morgan fingerprint density at radius 3 is 3.00 bits per heavy atom. The summed E-state index contributed by atoms with van der Waals surface area (Å²) in [5, 5.41) is 8.66. The number of carbonyl (C=O) groups excluding carboxylic acids is 1. The van der Waals surface area contributed by atoms with E-state index in [-0.39, 0.29) is 18.1 Å². The number of carbonyl (C=O) groups is 2. The van der Waals surface area contributed by atoms with Gasteiger partial charge in [0.1, 0.15) is 5.76 Å². The van der Waals surface area contributed by atoms with Crippen LogP contribution in [0.25, 0.3) is 0 Å². The van der Waals surface area contributed by atoms with Crippen molar-refractivity contribution in [1.82, 2.24) is 0 Å². The van der Waals surface area contributed by atoms with Crippen LogP contribution in [-0.4, -0.2) is 16.9 Å². The van der Waals surface area contributed by atoms with E-state index in [1.54, 1.807) is 6.26 Å². The van der Waals surface area contributed by atoms with Crippen molar-refractivity contribution in [3.05, 3.63) is 23.2 Å². The van der Waals surface area contributed by atoms with Gasteiger partial charge in [-0.3, -0.25) is 9.59 Å². The minimum Gasteiger partial charge on any atom is -0.481 e. The Bertz CT molecular complexity index is 416. The first-order valence-electron chi connectivity index (χ1n) is 4.90. The van der Waals surface area contributed by atoms with Crippen molar-refractivity contribution >= 4 is 11.8 Å². The summed E-state index contributed by atoms with van der Waals surface area (Å²) in [4.78, 5) is 22.3. The van der Waals surface area contributed by atoms with Crippen LogP contribution in [-0.2, 0) is 11.2 Å². The molecule has 1 aliphatic rings. The lowest BCUT2D eigenvalue weighted by molar-refractivity contribution is -0.138. The molecule has 1 unspecified atom stereocenters. The lowest BCUT2D eigenvalue weighted by Gasteiger charge is -2.18. The normalized spacial score (nSPS) is 20.1. The van der Waals surface area contributed by atoms with Crippen molar-refractivity contribution < 1.29 is 19.1 Å². The molecule has 0 aromatic carbocycles. The minimum absolute atomic E-state index is 0.00810. The number of ketones is 1. The summed E-state index contributed by atoms with van der Waals surface area (Å²) in [5.41, 5.74) is 1.51. The van der Waals surface area contributed by atoms with E-state index in [1.165, 1.54) is 0 Å². The maximum absolute atomic E-state index is 11.7. The molecule has 0 amide bonds. The molecule has 0 fully saturated rings. The van der Waals surface area contributed by atoms with Crippen molar-refractivity contribution in [2.24, 2.45) is 5.92 Å². The molecular weight excluding hydrogens is 196 g/mol. The van der Waals surface area contributed by atoms with E-state index >= 15 is 0 Å². The van der Waals surface area contributed by atoms with E-state index in [4.69, 9.17) is 9.52 Å². The number of Topliss-reactive ketones (excluding diaryl/α,β-unsaturated/α-hetero) is 1. The number of furan rings is 1. The molecule has 2 rings (SSSR count). The highest BCUT2D eigenvalue weighted by Gasteiger charge is 2.30. The lowest BCUT2D eigenvalue weighted by atomic mass is 9.84. The van der Waals surface area contributed by atoms with Gasteiger partial charge in [0.25, 0.3) is 0 Å². The van der Waals surface area contributed by atoms with Gasteiger partial charge in [-0.25, -0.2) is 0 Å². The highest BCUT2D eigenvalue weighted by molar-refractivity contribution is 5.99. The second kappa shape index (κ2) is 3.53. The third kappa shape index (κ3) is 1.79. The molecule has 1 aromatic rings. The number of rotatable bonds is 2. The highest BCUT2D eigenvalue weighted by Crippen LogP contribution is 2.30. The van der Waals surface area contributed by atoms with Crippen LogP contribution >= 0.6 is 0 Å². The molecule has 0 radical (unpaired) electrons. The maximum Gasteiger partial charge on any atom is 0.303 e. The quantitative estimate of drug-likeness (QED) is 0.804. The fourth-order valence-corrected chi connectivity index (χ4v) is 2.11. The molecule has 0 saturated carbocycles. The number of carboxylic acids is 1. The zero-order chi connectivity index (χ0) is 11.0. The van der Waals surface area contributed by atoms with Crippen LogP contribution < -0.4 is 0 Å². The zero-order valence-electron chi connectivity index (χ0n) is 8.45. The first-order valence-corrected chi connectivity index (χ1v) is 4.90. The monoisotopic (exact) mass is 208 g/mol. The molecular formula is C11H12O4. The summed E-state index contributed by atoms with van der Waals surface area (Å²) in [6.45, 7) is 1.83. The number of aliphatic carboxylic acids is 1. The van der Waals surface area contributed by atoms with Gasteiger partial charge in [0.05, 0.1) is 11.8 Å². The van der Waals surface area contributed by atoms with Gasteiger partial charge in [0.2, 0.25) is 0 Å². The van der Waals surface area contributed by atoms with E-state index < -0.39 is 5.97 Å². The average molecular weight is 208 g/mol. The molecule has 0 spiro atoms. The summed E-state index contributed by atoms with van der Waals surface area (Å²) < 4.78 is 5.26. The van der Waals surface area contributed by atoms with Gasteiger partial charge in [-0.05, 0) is 18.4 Å². The molecule has 0 aliphatic heterocycles. The molecule has 1 aromatic heterocycles. The van der Waals surface area contributed by atoms with Gasteiger partial charge in [0.15, 0.2) is 5.78 Å². The van der Waals surface area contributed by atoms with Gasteiger partial charge in [-0.15, -0.1) is 0 Å². The largest absolute Gasteiger partial charge is 0.481 e.